The number of carbonyl (C=O) groups excluding carboxylic acids is 1. The molecule has 0 saturated carbocycles. The number of hydrogen-bond acceptors (Lipinski definition) is 2. The number of unbranched alkanes of at least 4 members (excludes halogenated alkanes) is 16. The number of hydrogen-bond donors (Lipinski definition) is 2. The summed E-state index contributed by atoms with van der Waals surface area (Å²) in [5.41, 5.74) is 0. The van der Waals surface area contributed by atoms with Gasteiger partial charge in [-0.1, -0.05) is 117 Å². The minimum absolute atomic E-state index is 0.0199. The van der Waals surface area contributed by atoms with Crippen LogP contribution in [0.1, 0.15) is 129 Å². The number of rotatable bonds is 22. The summed E-state index contributed by atoms with van der Waals surface area (Å²) in [6.45, 7) is 6.38. The van der Waals surface area contributed by atoms with Crippen molar-refractivity contribution in [1.29, 1.82) is 0 Å². The van der Waals surface area contributed by atoms with E-state index in [1.807, 2.05) is 0 Å². The lowest BCUT2D eigenvalue weighted by atomic mass is 10.0. The Bertz CT molecular complexity index is 337. The number of nitrogens with one attached hydrogen (secondary N) is 1. The van der Waals surface area contributed by atoms with Crippen LogP contribution < -0.4 is 5.32 Å². The van der Waals surface area contributed by atoms with Crippen LogP contribution in [0.15, 0.2) is 0 Å². The molecule has 0 spiro atoms. The molecular weight excluding hydrogens is 360 g/mol. The second-order valence-corrected chi connectivity index (χ2v) is 8.60. The molecule has 4 heteroatoms. The zero-order chi connectivity index (χ0) is 21.4. The van der Waals surface area contributed by atoms with Gasteiger partial charge in [0.1, 0.15) is 0 Å². The number of aliphatic hydroxyl groups is 1. The molecule has 0 aromatic heterocycles. The minimum Gasteiger partial charge on any atom is -0.395 e. The Labute approximate surface area is 182 Å². The Morgan fingerprint density at radius 1 is 0.621 bits per heavy atom. The van der Waals surface area contributed by atoms with Crippen LogP contribution in [0.5, 0.6) is 0 Å². The molecule has 0 atom stereocenters. The van der Waals surface area contributed by atoms with Gasteiger partial charge in [0, 0.05) is 19.6 Å². The van der Waals surface area contributed by atoms with Gasteiger partial charge >= 0.3 is 6.03 Å². The number of aliphatic hydroxyl groups excluding tert-OH is 1. The third-order valence-corrected chi connectivity index (χ3v) is 5.75. The van der Waals surface area contributed by atoms with Gasteiger partial charge < -0.3 is 15.3 Å². The van der Waals surface area contributed by atoms with E-state index in [0.29, 0.717) is 6.54 Å². The summed E-state index contributed by atoms with van der Waals surface area (Å²) in [6.07, 6.45) is 23.8. The molecule has 2 amide bonds. The van der Waals surface area contributed by atoms with Crippen molar-refractivity contribution in [3.63, 3.8) is 0 Å². The molecule has 29 heavy (non-hydrogen) atoms. The minimum atomic E-state index is -0.0199. The lowest BCUT2D eigenvalue weighted by Gasteiger charge is -2.22. The summed E-state index contributed by atoms with van der Waals surface area (Å²) < 4.78 is 0. The summed E-state index contributed by atoms with van der Waals surface area (Å²) >= 11 is 0. The third kappa shape index (κ3) is 20.3. The standard InChI is InChI=1S/C25H52N2O2/c1-3-5-7-8-9-10-11-12-13-14-15-16-17-18-19-20-22-27(23-24-28)25(29)26-21-6-4-2/h28H,3-24H2,1-2H3,(H,26,29). The van der Waals surface area contributed by atoms with Crippen LogP contribution in [-0.4, -0.2) is 42.3 Å². The van der Waals surface area contributed by atoms with Gasteiger partial charge in [-0.25, -0.2) is 4.79 Å². The molecule has 0 aliphatic rings. The Morgan fingerprint density at radius 2 is 1.03 bits per heavy atom. The zero-order valence-electron chi connectivity index (χ0n) is 19.9. The van der Waals surface area contributed by atoms with Crippen molar-refractivity contribution in [2.45, 2.75) is 129 Å². The van der Waals surface area contributed by atoms with Crippen LogP contribution in [0.2, 0.25) is 0 Å². The Kier molecular flexibility index (Phi) is 22.9. The van der Waals surface area contributed by atoms with Crippen molar-refractivity contribution in [2.24, 2.45) is 0 Å². The molecule has 4 nitrogen and oxygen atoms in total. The molecule has 0 aliphatic heterocycles. The Morgan fingerprint density at radius 3 is 1.45 bits per heavy atom. The van der Waals surface area contributed by atoms with Crippen molar-refractivity contribution in [2.75, 3.05) is 26.2 Å². The van der Waals surface area contributed by atoms with E-state index in [-0.39, 0.29) is 12.6 Å². The van der Waals surface area contributed by atoms with Gasteiger partial charge in [0.25, 0.3) is 0 Å². The number of amides is 2. The number of carbonyl (C=O) groups is 1. The normalized spacial score (nSPS) is 11.0. The van der Waals surface area contributed by atoms with Crippen LogP contribution in [0.25, 0.3) is 0 Å². The monoisotopic (exact) mass is 412 g/mol. The molecule has 0 rings (SSSR count). The van der Waals surface area contributed by atoms with Crippen molar-refractivity contribution < 1.29 is 9.90 Å². The summed E-state index contributed by atoms with van der Waals surface area (Å²) in [5.74, 6) is 0. The summed E-state index contributed by atoms with van der Waals surface area (Å²) in [5, 5.41) is 12.1. The van der Waals surface area contributed by atoms with E-state index in [2.05, 4.69) is 19.2 Å². The summed E-state index contributed by atoms with van der Waals surface area (Å²) in [7, 11) is 0. The molecule has 0 aromatic rings. The second kappa shape index (κ2) is 23.5. The average Bonchev–Trinajstić information content (AvgIpc) is 2.72. The first-order chi connectivity index (χ1) is 14.3. The van der Waals surface area contributed by atoms with Crippen molar-refractivity contribution in [3.05, 3.63) is 0 Å². The predicted octanol–water partition coefficient (Wildman–Crippen LogP) is 7.05. The highest BCUT2D eigenvalue weighted by Crippen LogP contribution is 2.13. The first-order valence-electron chi connectivity index (χ1n) is 12.9. The lowest BCUT2D eigenvalue weighted by molar-refractivity contribution is 0.175. The predicted molar refractivity (Wildman–Crippen MR) is 127 cm³/mol. The van der Waals surface area contributed by atoms with E-state index in [9.17, 15) is 9.90 Å². The van der Waals surface area contributed by atoms with Gasteiger partial charge in [-0.2, -0.15) is 0 Å². The maximum absolute atomic E-state index is 12.1. The zero-order valence-corrected chi connectivity index (χ0v) is 19.9. The van der Waals surface area contributed by atoms with E-state index < -0.39 is 0 Å². The number of urea groups is 1. The summed E-state index contributed by atoms with van der Waals surface area (Å²) in [4.78, 5) is 13.9. The maximum Gasteiger partial charge on any atom is 0.317 e. The highest BCUT2D eigenvalue weighted by atomic mass is 16.3. The fraction of sp³-hybridized carbons (Fsp3) is 0.960. The van der Waals surface area contributed by atoms with Crippen LogP contribution in [0.3, 0.4) is 0 Å². The van der Waals surface area contributed by atoms with Gasteiger partial charge in [0.15, 0.2) is 0 Å². The highest BCUT2D eigenvalue weighted by molar-refractivity contribution is 5.74. The molecule has 0 fully saturated rings. The maximum atomic E-state index is 12.1. The molecule has 2 N–H and O–H groups in total. The first-order valence-corrected chi connectivity index (χ1v) is 12.9. The molecule has 0 unspecified atom stereocenters. The Hall–Kier alpha value is -0.770. The molecule has 0 aromatic carbocycles. The molecule has 0 saturated heterocycles. The fourth-order valence-corrected chi connectivity index (χ4v) is 3.77. The van der Waals surface area contributed by atoms with Crippen LogP contribution >= 0.6 is 0 Å². The first kappa shape index (κ1) is 28.2. The SMILES string of the molecule is CCCCCCCCCCCCCCCCCCN(CCO)C(=O)NCCCC. The fourth-order valence-electron chi connectivity index (χ4n) is 3.77. The van der Waals surface area contributed by atoms with Crippen molar-refractivity contribution in [1.82, 2.24) is 10.2 Å². The molecule has 0 radical (unpaired) electrons. The van der Waals surface area contributed by atoms with E-state index in [0.717, 1.165) is 32.4 Å². The molecular formula is C25H52N2O2. The van der Waals surface area contributed by atoms with Crippen molar-refractivity contribution >= 4 is 6.03 Å². The Balaban J connectivity index is 3.40. The topological polar surface area (TPSA) is 52.6 Å². The summed E-state index contributed by atoms with van der Waals surface area (Å²) in [6, 6.07) is -0.0199. The van der Waals surface area contributed by atoms with E-state index in [1.54, 1.807) is 4.90 Å². The quantitative estimate of drug-likeness (QED) is 0.187. The van der Waals surface area contributed by atoms with E-state index in [1.165, 1.54) is 96.3 Å². The molecule has 0 heterocycles. The number of nitrogens with zero attached hydrogens (tertiary/aromatic N) is 1. The average molecular weight is 413 g/mol. The van der Waals surface area contributed by atoms with E-state index in [4.69, 9.17) is 0 Å². The van der Waals surface area contributed by atoms with Gasteiger partial charge in [0.05, 0.1) is 6.61 Å². The third-order valence-electron chi connectivity index (χ3n) is 5.75. The van der Waals surface area contributed by atoms with E-state index >= 15 is 0 Å². The second-order valence-electron chi connectivity index (χ2n) is 8.60. The smallest absolute Gasteiger partial charge is 0.317 e. The van der Waals surface area contributed by atoms with Gasteiger partial charge in [-0.05, 0) is 12.8 Å². The molecule has 174 valence electrons. The molecule has 0 bridgehead atoms. The van der Waals surface area contributed by atoms with Crippen LogP contribution in [0.4, 0.5) is 4.79 Å². The highest BCUT2D eigenvalue weighted by Gasteiger charge is 2.11. The molecule has 0 aliphatic carbocycles. The van der Waals surface area contributed by atoms with Crippen LogP contribution in [0, 0.1) is 0 Å². The van der Waals surface area contributed by atoms with Crippen LogP contribution in [-0.2, 0) is 0 Å². The van der Waals surface area contributed by atoms with Gasteiger partial charge in [0.2, 0.25) is 0 Å². The van der Waals surface area contributed by atoms with Crippen molar-refractivity contribution in [3.8, 4) is 0 Å². The van der Waals surface area contributed by atoms with Gasteiger partial charge in [-0.3, -0.25) is 0 Å². The lowest BCUT2D eigenvalue weighted by Crippen LogP contribution is -2.42. The van der Waals surface area contributed by atoms with Gasteiger partial charge in [-0.15, -0.1) is 0 Å². The largest absolute Gasteiger partial charge is 0.395 e.